The Balaban J connectivity index is 0.792. The minimum absolute atomic E-state index is 0.0277. The van der Waals surface area contributed by atoms with Crippen LogP contribution in [0, 0.1) is 0 Å². The fraction of sp³-hybridized carbons (Fsp3) is 0.189. The van der Waals surface area contributed by atoms with Crippen LogP contribution in [0.5, 0.6) is 23.0 Å². The third-order valence-electron chi connectivity index (χ3n) is 17.8. The van der Waals surface area contributed by atoms with E-state index in [1.165, 1.54) is 93.7 Å². The molecule has 2 aliphatic carbocycles. The lowest BCUT2D eigenvalue weighted by atomic mass is 9.80. The van der Waals surface area contributed by atoms with Crippen molar-refractivity contribution in [3.63, 3.8) is 0 Å². The molecule has 4 aliphatic rings. The quantitative estimate of drug-likeness (QED) is 0.165. The van der Waals surface area contributed by atoms with Crippen molar-refractivity contribution in [3.05, 3.63) is 228 Å². The second-order valence-electron chi connectivity index (χ2n) is 25.5. The molecule has 0 saturated heterocycles. The van der Waals surface area contributed by atoms with Gasteiger partial charge in [0.05, 0.1) is 22.7 Å². The highest BCUT2D eigenvalue weighted by Crippen LogP contribution is 2.59. The summed E-state index contributed by atoms with van der Waals surface area (Å²) >= 11 is 0. The second-order valence-corrected chi connectivity index (χ2v) is 25.5. The molecule has 11 aromatic carbocycles. The highest BCUT2D eigenvalue weighted by atomic mass is 16.5. The zero-order valence-corrected chi connectivity index (χ0v) is 46.2. The molecule has 0 spiro atoms. The molecular weight excluding hydrogens is 949 g/mol. The summed E-state index contributed by atoms with van der Waals surface area (Å²) in [4.78, 5) is 4.87. The van der Waals surface area contributed by atoms with E-state index in [1.807, 2.05) is 0 Å². The first kappa shape index (κ1) is 46.7. The van der Waals surface area contributed by atoms with Crippen molar-refractivity contribution in [2.45, 2.75) is 90.9 Å². The number of hydrogen-bond donors (Lipinski definition) is 0. The summed E-state index contributed by atoms with van der Waals surface area (Å²) in [5.74, 6) is 3.46. The van der Waals surface area contributed by atoms with E-state index in [0.29, 0.717) is 0 Å². The van der Waals surface area contributed by atoms with Crippen molar-refractivity contribution in [1.82, 2.24) is 0 Å². The van der Waals surface area contributed by atoms with Gasteiger partial charge in [-0.05, 0) is 207 Å². The summed E-state index contributed by atoms with van der Waals surface area (Å²) in [6.45, 7) is 23.3. The molecule has 0 unspecified atom stereocenters. The third kappa shape index (κ3) is 6.91. The van der Waals surface area contributed by atoms with Gasteiger partial charge in [-0.25, -0.2) is 0 Å². The van der Waals surface area contributed by atoms with E-state index >= 15 is 0 Å². The van der Waals surface area contributed by atoms with Crippen molar-refractivity contribution in [1.29, 1.82) is 0 Å². The normalized spacial score (nSPS) is 15.2. The smallest absolute Gasteiger partial charge is 0.152 e. The highest BCUT2D eigenvalue weighted by Gasteiger charge is 2.40. The molecule has 0 fully saturated rings. The number of benzene rings is 11. The lowest BCUT2D eigenvalue weighted by molar-refractivity contribution is 0.476. The zero-order chi connectivity index (χ0) is 53.4. The van der Waals surface area contributed by atoms with Crippen LogP contribution in [0.1, 0.15) is 103 Å². The summed E-state index contributed by atoms with van der Waals surface area (Å²) in [6.07, 6.45) is 0. The van der Waals surface area contributed by atoms with Gasteiger partial charge < -0.3 is 19.3 Å². The van der Waals surface area contributed by atoms with Crippen LogP contribution in [0.2, 0.25) is 0 Å². The molecule has 0 saturated carbocycles. The highest BCUT2D eigenvalue weighted by molar-refractivity contribution is 6.03. The number of nitrogens with zero attached hydrogens (tertiary/aromatic N) is 2. The average molecular weight is 1010 g/mol. The van der Waals surface area contributed by atoms with Gasteiger partial charge in [0, 0.05) is 22.2 Å². The number of fused-ring (bicyclic) bond motifs is 13. The fourth-order valence-electron chi connectivity index (χ4n) is 13.3. The topological polar surface area (TPSA) is 24.9 Å². The second kappa shape index (κ2) is 16.0. The number of ether oxygens (including phenoxy) is 2. The predicted octanol–water partition coefficient (Wildman–Crippen LogP) is 21.2. The van der Waals surface area contributed by atoms with Gasteiger partial charge in [-0.15, -0.1) is 0 Å². The van der Waals surface area contributed by atoms with E-state index in [1.54, 1.807) is 0 Å². The zero-order valence-electron chi connectivity index (χ0n) is 46.2. The van der Waals surface area contributed by atoms with Gasteiger partial charge in [0.15, 0.2) is 23.0 Å². The predicted molar refractivity (Wildman–Crippen MR) is 326 cm³/mol. The van der Waals surface area contributed by atoms with Gasteiger partial charge >= 0.3 is 0 Å². The molecule has 15 rings (SSSR count). The summed E-state index contributed by atoms with van der Waals surface area (Å²) in [7, 11) is 0. The summed E-state index contributed by atoms with van der Waals surface area (Å²) < 4.78 is 13.6. The molecule has 4 nitrogen and oxygen atoms in total. The maximum absolute atomic E-state index is 6.85. The first-order valence-electron chi connectivity index (χ1n) is 27.7. The Morgan fingerprint density at radius 3 is 1.09 bits per heavy atom. The number of hydrogen-bond acceptors (Lipinski definition) is 4. The van der Waals surface area contributed by atoms with E-state index in [2.05, 4.69) is 273 Å². The SMILES string of the molecule is CC(C)(C)c1ccc2c(c1)N(c1ccc3c(c1)C(C)(C)c1cc(-c4ccc5c(c4)C(C)(C)c4cc(N6c7cc(C(C)(C)C)ccc7Oc7cc8cc9ccccc9cc8cc76)ccc4-5)ccc1-3)c1cc3ccccc3cc1O2. The molecule has 380 valence electrons. The van der Waals surface area contributed by atoms with E-state index in [-0.39, 0.29) is 21.7 Å². The van der Waals surface area contributed by atoms with Gasteiger partial charge in [0.25, 0.3) is 0 Å². The monoisotopic (exact) mass is 1010 g/mol. The van der Waals surface area contributed by atoms with Crippen LogP contribution in [0.3, 0.4) is 0 Å². The fourth-order valence-corrected chi connectivity index (χ4v) is 13.3. The van der Waals surface area contributed by atoms with E-state index < -0.39 is 0 Å². The molecule has 4 heteroatoms. The molecule has 0 N–H and O–H groups in total. The molecule has 2 heterocycles. The van der Waals surface area contributed by atoms with Gasteiger partial charge in [0.2, 0.25) is 0 Å². The molecule has 0 amide bonds. The Hall–Kier alpha value is -8.60. The van der Waals surface area contributed by atoms with Crippen LogP contribution >= 0.6 is 0 Å². The Morgan fingerprint density at radius 1 is 0.308 bits per heavy atom. The van der Waals surface area contributed by atoms with Gasteiger partial charge in [-0.2, -0.15) is 0 Å². The molecule has 0 atom stereocenters. The molecule has 2 aliphatic heterocycles. The van der Waals surface area contributed by atoms with Crippen molar-refractivity contribution in [2.75, 3.05) is 9.80 Å². The molecular formula is C74H62N2O2. The van der Waals surface area contributed by atoms with E-state index in [9.17, 15) is 0 Å². The van der Waals surface area contributed by atoms with Crippen LogP contribution in [0.4, 0.5) is 34.1 Å². The Labute approximate surface area is 458 Å². The summed E-state index contributed by atoms with van der Waals surface area (Å²) in [5.41, 5.74) is 21.5. The molecule has 0 aromatic heterocycles. The van der Waals surface area contributed by atoms with Crippen LogP contribution < -0.4 is 19.3 Å². The lowest BCUT2D eigenvalue weighted by Crippen LogP contribution is -2.20. The summed E-state index contributed by atoms with van der Waals surface area (Å²) in [6, 6.07) is 72.8. The lowest BCUT2D eigenvalue weighted by Gasteiger charge is -2.35. The Bertz CT molecular complexity index is 4430. The first-order chi connectivity index (χ1) is 37.4. The van der Waals surface area contributed by atoms with Gasteiger partial charge in [0.1, 0.15) is 0 Å². The van der Waals surface area contributed by atoms with Crippen LogP contribution in [-0.2, 0) is 21.7 Å². The first-order valence-corrected chi connectivity index (χ1v) is 27.7. The molecule has 0 radical (unpaired) electrons. The molecule has 0 bridgehead atoms. The minimum Gasteiger partial charge on any atom is -0.453 e. The maximum Gasteiger partial charge on any atom is 0.152 e. The Morgan fingerprint density at radius 2 is 0.654 bits per heavy atom. The summed E-state index contributed by atoms with van der Waals surface area (Å²) in [5, 5.41) is 7.16. The van der Waals surface area contributed by atoms with Crippen molar-refractivity contribution in [3.8, 4) is 56.4 Å². The average Bonchev–Trinajstić information content (AvgIpc) is 4.03. The van der Waals surface area contributed by atoms with E-state index in [0.717, 1.165) is 62.5 Å². The van der Waals surface area contributed by atoms with Crippen molar-refractivity contribution < 1.29 is 9.47 Å². The van der Waals surface area contributed by atoms with Crippen molar-refractivity contribution in [2.24, 2.45) is 0 Å². The molecule has 11 aromatic rings. The van der Waals surface area contributed by atoms with Gasteiger partial charge in [-0.3, -0.25) is 0 Å². The largest absolute Gasteiger partial charge is 0.453 e. The standard InChI is InChI=1S/C74H62N2O2/c1-71(2,3)51-21-29-67-65(39-51)75(63-35-45-17-13-14-18-46(45)37-69(63)77-67)53-23-27-57-55-25-19-47(33-59(55)73(7,8)61(57)41-53)48-20-26-56-58-28-24-54(42-62(58)74(9,10)60(56)34-48)76-64-36-49-31-43-15-11-12-16-44(43)32-50(49)38-70(64)78-68-30-22-52(40-66(68)76)72(4,5)6/h11-42H,1-10H3. The third-order valence-corrected chi connectivity index (χ3v) is 17.8. The maximum atomic E-state index is 6.85. The van der Waals surface area contributed by atoms with Crippen LogP contribution in [-0.4, -0.2) is 0 Å². The van der Waals surface area contributed by atoms with Crippen molar-refractivity contribution >= 4 is 66.4 Å². The number of anilines is 6. The van der Waals surface area contributed by atoms with E-state index in [4.69, 9.17) is 9.47 Å². The minimum atomic E-state index is -0.260. The number of rotatable bonds is 3. The Kier molecular flexibility index (Phi) is 9.57. The molecule has 78 heavy (non-hydrogen) atoms. The van der Waals surface area contributed by atoms with Gasteiger partial charge in [-0.1, -0.05) is 166 Å². The van der Waals surface area contributed by atoms with Crippen LogP contribution in [0.25, 0.3) is 65.7 Å². The van der Waals surface area contributed by atoms with Crippen LogP contribution in [0.15, 0.2) is 194 Å².